The van der Waals surface area contributed by atoms with E-state index in [0.29, 0.717) is 23.3 Å². The minimum absolute atomic E-state index is 0.00541. The number of allylic oxidation sites excluding steroid dienone is 2. The van der Waals surface area contributed by atoms with E-state index < -0.39 is 4.92 Å². The van der Waals surface area contributed by atoms with Crippen LogP contribution < -0.4 is 4.74 Å². The van der Waals surface area contributed by atoms with Gasteiger partial charge in [-0.2, -0.15) is 0 Å². The van der Waals surface area contributed by atoms with Crippen molar-refractivity contribution >= 4 is 33.3 Å². The largest absolute Gasteiger partial charge is 0.488 e. The quantitative estimate of drug-likeness (QED) is 0.468. The van der Waals surface area contributed by atoms with E-state index in [1.54, 1.807) is 24.9 Å². The van der Waals surface area contributed by atoms with Crippen molar-refractivity contribution in [1.82, 2.24) is 4.98 Å². The van der Waals surface area contributed by atoms with Crippen molar-refractivity contribution in [3.05, 3.63) is 57.6 Å². The Balaban J connectivity index is 2.59. The van der Waals surface area contributed by atoms with Crippen molar-refractivity contribution in [1.29, 1.82) is 0 Å². The first kappa shape index (κ1) is 19.9. The maximum atomic E-state index is 11.1. The highest BCUT2D eigenvalue weighted by molar-refractivity contribution is 8.10. The van der Waals surface area contributed by atoms with Crippen LogP contribution in [0.5, 0.6) is 5.75 Å². The molecule has 7 heteroatoms. The van der Waals surface area contributed by atoms with E-state index in [0.717, 1.165) is 10.6 Å². The fourth-order valence-corrected chi connectivity index (χ4v) is 3.07. The lowest BCUT2D eigenvalue weighted by Gasteiger charge is -2.17. The van der Waals surface area contributed by atoms with Crippen LogP contribution in [-0.4, -0.2) is 29.7 Å². The van der Waals surface area contributed by atoms with Crippen molar-refractivity contribution in [2.75, 3.05) is 13.7 Å². The van der Waals surface area contributed by atoms with Gasteiger partial charge in [-0.25, -0.2) is 4.98 Å². The number of methoxy groups -OCH3 is 1. The van der Waals surface area contributed by atoms with Gasteiger partial charge >= 0.3 is 0 Å². The third-order valence-electron chi connectivity index (χ3n) is 3.54. The smallest absolute Gasteiger partial charge is 0.270 e. The van der Waals surface area contributed by atoms with Crippen molar-refractivity contribution in [3.63, 3.8) is 0 Å². The van der Waals surface area contributed by atoms with Gasteiger partial charge in [0.15, 0.2) is 0 Å². The molecule has 0 fully saturated rings. The summed E-state index contributed by atoms with van der Waals surface area (Å²) in [4.78, 5) is 16.3. The van der Waals surface area contributed by atoms with E-state index in [2.05, 4.69) is 4.98 Å². The molecule has 26 heavy (non-hydrogen) atoms. The van der Waals surface area contributed by atoms with Crippen molar-refractivity contribution in [2.45, 2.75) is 26.9 Å². The number of ether oxygens (including phenoxy) is 2. The molecule has 0 spiro atoms. The molecule has 0 aliphatic carbocycles. The van der Waals surface area contributed by atoms with E-state index in [1.807, 2.05) is 44.4 Å². The average molecular weight is 374 g/mol. The van der Waals surface area contributed by atoms with Crippen LogP contribution in [-0.2, 0) is 4.74 Å². The summed E-state index contributed by atoms with van der Waals surface area (Å²) in [6, 6.07) is 6.42. The molecule has 0 N–H and O–H groups in total. The normalized spacial score (nSPS) is 13.3. The summed E-state index contributed by atoms with van der Waals surface area (Å²) >= 11 is 1.56. The van der Waals surface area contributed by atoms with Gasteiger partial charge in [0.2, 0.25) is 0 Å². The number of hydrogen-bond donors (Lipinski definition) is 0. The number of nitrogens with zero attached hydrogens (tertiary/aromatic N) is 2. The summed E-state index contributed by atoms with van der Waals surface area (Å²) in [7, 11) is 1.60. The van der Waals surface area contributed by atoms with Gasteiger partial charge < -0.3 is 9.47 Å². The van der Waals surface area contributed by atoms with Crippen LogP contribution in [0.2, 0.25) is 0 Å². The first-order valence-electron chi connectivity index (χ1n) is 8.19. The number of benzene rings is 1. The molecule has 0 aliphatic heterocycles. The van der Waals surface area contributed by atoms with Crippen LogP contribution in [0.4, 0.5) is 5.69 Å². The fraction of sp³-hybridized carbons (Fsp3) is 0.316. The van der Waals surface area contributed by atoms with Gasteiger partial charge in [-0.15, -0.1) is 0 Å². The van der Waals surface area contributed by atoms with Crippen molar-refractivity contribution in [3.8, 4) is 5.75 Å². The van der Waals surface area contributed by atoms with Gasteiger partial charge in [0, 0.05) is 35.6 Å². The molecule has 1 aromatic carbocycles. The number of nitro groups is 1. The van der Waals surface area contributed by atoms with E-state index in [-0.39, 0.29) is 11.8 Å². The predicted molar refractivity (Wildman–Crippen MR) is 106 cm³/mol. The molecule has 2 aromatic rings. The van der Waals surface area contributed by atoms with E-state index in [4.69, 9.17) is 9.47 Å². The standard InChI is InChI=1S/C19H22N2O4S/c1-5-9-26-19(6-2)17-11-18(25-13(3)12-24-4)15-10-14(21(22)23)7-8-16(15)20-17/h5-11,13H,12H2,1-4H3/b9-5-,19-6-/t13-/m1/s1. The van der Waals surface area contributed by atoms with Crippen molar-refractivity contribution < 1.29 is 14.4 Å². The summed E-state index contributed by atoms with van der Waals surface area (Å²) in [6.07, 6.45) is 3.73. The lowest BCUT2D eigenvalue weighted by atomic mass is 10.1. The molecule has 138 valence electrons. The van der Waals surface area contributed by atoms with Crippen LogP contribution in [0.25, 0.3) is 15.8 Å². The highest BCUT2D eigenvalue weighted by Crippen LogP contribution is 2.35. The van der Waals surface area contributed by atoms with E-state index >= 15 is 0 Å². The van der Waals surface area contributed by atoms with Crippen LogP contribution in [0.3, 0.4) is 0 Å². The minimum Gasteiger partial charge on any atom is -0.488 e. The van der Waals surface area contributed by atoms with Gasteiger partial charge in [-0.1, -0.05) is 23.9 Å². The molecule has 2 rings (SSSR count). The topological polar surface area (TPSA) is 74.5 Å². The molecular weight excluding hydrogens is 352 g/mol. The first-order valence-corrected chi connectivity index (χ1v) is 9.07. The zero-order chi connectivity index (χ0) is 19.1. The summed E-state index contributed by atoms with van der Waals surface area (Å²) in [5.74, 6) is 0.554. The molecule has 1 atom stereocenters. The molecule has 0 amide bonds. The number of rotatable bonds is 8. The Bertz CT molecular complexity index is 849. The summed E-state index contributed by atoms with van der Waals surface area (Å²) in [5.41, 5.74) is 1.41. The fourth-order valence-electron chi connectivity index (χ4n) is 2.42. The van der Waals surface area contributed by atoms with Crippen LogP contribution >= 0.6 is 11.8 Å². The zero-order valence-corrected chi connectivity index (χ0v) is 16.1. The molecular formula is C19H22N2O4S. The Hall–Kier alpha value is -2.38. The number of aromatic nitrogens is 1. The Morgan fingerprint density at radius 2 is 2.15 bits per heavy atom. The lowest BCUT2D eigenvalue weighted by molar-refractivity contribution is -0.384. The lowest BCUT2D eigenvalue weighted by Crippen LogP contribution is -2.18. The molecule has 0 bridgehead atoms. The number of nitro benzene ring substituents is 1. The summed E-state index contributed by atoms with van der Waals surface area (Å²) < 4.78 is 11.1. The Morgan fingerprint density at radius 3 is 2.77 bits per heavy atom. The maximum Gasteiger partial charge on any atom is 0.270 e. The van der Waals surface area contributed by atoms with Gasteiger partial charge in [0.25, 0.3) is 5.69 Å². The Morgan fingerprint density at radius 1 is 1.38 bits per heavy atom. The highest BCUT2D eigenvalue weighted by Gasteiger charge is 2.16. The van der Waals surface area contributed by atoms with Gasteiger partial charge in [-0.3, -0.25) is 10.1 Å². The molecule has 0 saturated heterocycles. The van der Waals surface area contributed by atoms with Crippen LogP contribution in [0, 0.1) is 10.1 Å². The number of thioether (sulfide) groups is 1. The molecule has 0 saturated carbocycles. The third kappa shape index (κ3) is 4.83. The zero-order valence-electron chi connectivity index (χ0n) is 15.3. The van der Waals surface area contributed by atoms with Crippen LogP contribution in [0.15, 0.2) is 41.8 Å². The summed E-state index contributed by atoms with van der Waals surface area (Å²) in [6.45, 7) is 6.20. The second-order valence-electron chi connectivity index (χ2n) is 5.59. The second kappa shape index (κ2) is 9.35. The number of non-ortho nitro benzene ring substituents is 1. The second-order valence-corrected chi connectivity index (χ2v) is 6.54. The Labute approximate surface area is 157 Å². The minimum atomic E-state index is -0.422. The van der Waals surface area contributed by atoms with Crippen molar-refractivity contribution in [2.24, 2.45) is 0 Å². The SMILES string of the molecule is C/C=C\S/C(=C\C)c1cc(O[C@H](C)COC)c2cc([N+](=O)[O-])ccc2n1. The first-order chi connectivity index (χ1) is 12.5. The maximum absolute atomic E-state index is 11.1. The number of hydrogen-bond acceptors (Lipinski definition) is 6. The number of pyridine rings is 1. The number of fused-ring (bicyclic) bond motifs is 1. The third-order valence-corrected chi connectivity index (χ3v) is 4.65. The molecule has 1 heterocycles. The monoisotopic (exact) mass is 374 g/mol. The molecule has 0 aliphatic rings. The molecule has 1 aromatic heterocycles. The van der Waals surface area contributed by atoms with Gasteiger partial charge in [0.1, 0.15) is 11.9 Å². The average Bonchev–Trinajstić information content (AvgIpc) is 2.62. The van der Waals surface area contributed by atoms with Gasteiger partial charge in [0.05, 0.1) is 22.7 Å². The molecule has 0 radical (unpaired) electrons. The molecule has 0 unspecified atom stereocenters. The highest BCUT2D eigenvalue weighted by atomic mass is 32.2. The Kier molecular flexibility index (Phi) is 7.17. The van der Waals surface area contributed by atoms with Gasteiger partial charge in [-0.05, 0) is 32.2 Å². The van der Waals surface area contributed by atoms with E-state index in [9.17, 15) is 10.1 Å². The predicted octanol–water partition coefficient (Wildman–Crippen LogP) is 5.18. The van der Waals surface area contributed by atoms with Crippen LogP contribution in [0.1, 0.15) is 26.5 Å². The molecule has 6 nitrogen and oxygen atoms in total. The summed E-state index contributed by atoms with van der Waals surface area (Å²) in [5, 5.41) is 13.7. The van der Waals surface area contributed by atoms with E-state index in [1.165, 1.54) is 12.1 Å².